The van der Waals surface area contributed by atoms with Gasteiger partial charge in [0.25, 0.3) is 0 Å². The van der Waals surface area contributed by atoms with Crippen LogP contribution >= 0.6 is 0 Å². The maximum atomic E-state index is 13.0. The molecular formula is C23H23N7O6S. The van der Waals surface area contributed by atoms with Crippen molar-refractivity contribution in [3.63, 3.8) is 0 Å². The van der Waals surface area contributed by atoms with Crippen molar-refractivity contribution in [1.82, 2.24) is 29.7 Å². The van der Waals surface area contributed by atoms with Crippen LogP contribution in [-0.4, -0.2) is 71.0 Å². The number of benzene rings is 1. The summed E-state index contributed by atoms with van der Waals surface area (Å²) >= 11 is 0. The second kappa shape index (κ2) is 10.6. The first-order valence-corrected chi connectivity index (χ1v) is 12.4. The van der Waals surface area contributed by atoms with Gasteiger partial charge < -0.3 is 14.2 Å². The lowest BCUT2D eigenvalue weighted by Crippen LogP contribution is -2.25. The Morgan fingerprint density at radius 1 is 0.946 bits per heavy atom. The van der Waals surface area contributed by atoms with Gasteiger partial charge in [-0.25, -0.2) is 23.4 Å². The predicted octanol–water partition coefficient (Wildman–Crippen LogP) is 2.08. The number of hydrogen-bond acceptors (Lipinski definition) is 11. The molecule has 0 fully saturated rings. The van der Waals surface area contributed by atoms with Crippen LogP contribution in [0.4, 0.5) is 5.95 Å². The average Bonchev–Trinajstić information content (AvgIpc) is 3.30. The molecule has 0 atom stereocenters. The number of aryl methyl sites for hydroxylation is 1. The van der Waals surface area contributed by atoms with Crippen LogP contribution in [0, 0.1) is 6.92 Å². The highest BCUT2D eigenvalue weighted by Gasteiger charge is 2.27. The molecule has 3 aromatic heterocycles. The van der Waals surface area contributed by atoms with Gasteiger partial charge in [0.15, 0.2) is 11.6 Å². The first kappa shape index (κ1) is 25.5. The van der Waals surface area contributed by atoms with E-state index in [9.17, 15) is 13.2 Å². The zero-order valence-electron chi connectivity index (χ0n) is 20.4. The van der Waals surface area contributed by atoms with Gasteiger partial charge in [-0.1, -0.05) is 12.1 Å². The van der Waals surface area contributed by atoms with E-state index >= 15 is 0 Å². The summed E-state index contributed by atoms with van der Waals surface area (Å²) in [7, 11) is 0.103. The van der Waals surface area contributed by atoms with Crippen molar-refractivity contribution >= 4 is 21.8 Å². The number of Topliss-reactive ketones (excluding diaryl/α,β-unsaturated/α-hetero) is 1. The molecule has 0 aliphatic heterocycles. The molecule has 0 aliphatic carbocycles. The molecule has 14 heteroatoms. The van der Waals surface area contributed by atoms with E-state index in [1.807, 2.05) is 0 Å². The molecule has 0 amide bonds. The summed E-state index contributed by atoms with van der Waals surface area (Å²) in [6.07, 6.45) is 2.86. The van der Waals surface area contributed by atoms with Gasteiger partial charge in [0.1, 0.15) is 28.6 Å². The van der Waals surface area contributed by atoms with Gasteiger partial charge in [-0.15, -0.1) is 10.2 Å². The molecule has 13 nitrogen and oxygen atoms in total. The fourth-order valence-electron chi connectivity index (χ4n) is 3.38. The minimum atomic E-state index is -4.27. The SMILES string of the molecule is COc1cccc(-c2nnc(NS(=O)(=O)CC(=O)c3ncc(C)cn3)n2-c2c(OC)cccc2OC)n1. The van der Waals surface area contributed by atoms with Gasteiger partial charge in [-0.05, 0) is 30.7 Å². The third-order valence-electron chi connectivity index (χ3n) is 5.05. The van der Waals surface area contributed by atoms with Crippen molar-refractivity contribution in [1.29, 1.82) is 0 Å². The number of rotatable bonds is 10. The fraction of sp³-hybridized carbons (Fsp3) is 0.217. The number of anilines is 1. The largest absolute Gasteiger partial charge is 0.494 e. The number of methoxy groups -OCH3 is 3. The Morgan fingerprint density at radius 2 is 1.59 bits per heavy atom. The monoisotopic (exact) mass is 525 g/mol. The zero-order chi connectivity index (χ0) is 26.6. The number of nitrogens with one attached hydrogen (secondary N) is 1. The van der Waals surface area contributed by atoms with E-state index in [0.717, 1.165) is 5.56 Å². The number of ether oxygens (including phenoxy) is 3. The van der Waals surface area contributed by atoms with Crippen molar-refractivity contribution in [3.8, 4) is 34.6 Å². The average molecular weight is 526 g/mol. The predicted molar refractivity (Wildman–Crippen MR) is 133 cm³/mol. The first-order chi connectivity index (χ1) is 17.8. The van der Waals surface area contributed by atoms with Crippen LogP contribution < -0.4 is 18.9 Å². The molecule has 1 aromatic carbocycles. The number of pyridine rings is 1. The highest BCUT2D eigenvalue weighted by Crippen LogP contribution is 2.37. The van der Waals surface area contributed by atoms with E-state index in [1.165, 1.54) is 38.3 Å². The standard InChI is InChI=1S/C23H23N7O6S/c1-14-11-24-21(25-12-14)16(31)13-37(32,33)29-23-28-27-22(15-7-5-10-19(26-15)36-4)30(23)20-17(34-2)8-6-9-18(20)35-3/h5-12H,13H2,1-4H3,(H,28,29). The third-order valence-corrected chi connectivity index (χ3v) is 6.18. The Balaban J connectivity index is 1.81. The third kappa shape index (κ3) is 5.48. The molecule has 1 N–H and O–H groups in total. The number of carbonyl (C=O) groups excluding carboxylic acids is 1. The summed E-state index contributed by atoms with van der Waals surface area (Å²) in [6, 6.07) is 10.0. The van der Waals surface area contributed by atoms with E-state index in [4.69, 9.17) is 14.2 Å². The quantitative estimate of drug-likeness (QED) is 0.302. The summed E-state index contributed by atoms with van der Waals surface area (Å²) in [5.41, 5.74) is 1.37. The Labute approximate surface area is 212 Å². The summed E-state index contributed by atoms with van der Waals surface area (Å²) in [6.45, 7) is 1.75. The number of sulfonamides is 1. The molecule has 3 heterocycles. The number of aromatic nitrogens is 6. The summed E-state index contributed by atoms with van der Waals surface area (Å²) < 4.78 is 46.0. The highest BCUT2D eigenvalue weighted by molar-refractivity contribution is 7.93. The molecule has 0 saturated carbocycles. The topological polar surface area (TPSA) is 160 Å². The smallest absolute Gasteiger partial charge is 0.243 e. The lowest BCUT2D eigenvalue weighted by molar-refractivity contribution is 0.101. The minimum absolute atomic E-state index is 0.160. The van der Waals surface area contributed by atoms with Gasteiger partial charge in [-0.2, -0.15) is 0 Å². The minimum Gasteiger partial charge on any atom is -0.494 e. The van der Waals surface area contributed by atoms with Crippen LogP contribution in [0.1, 0.15) is 16.2 Å². The molecule has 192 valence electrons. The van der Waals surface area contributed by atoms with Crippen molar-refractivity contribution in [3.05, 3.63) is 60.2 Å². The van der Waals surface area contributed by atoms with Gasteiger partial charge in [0.05, 0.1) is 21.3 Å². The Kier molecular flexibility index (Phi) is 7.29. The van der Waals surface area contributed by atoms with Crippen LogP contribution in [0.5, 0.6) is 17.4 Å². The summed E-state index contributed by atoms with van der Waals surface area (Å²) in [4.78, 5) is 24.8. The van der Waals surface area contributed by atoms with E-state index in [0.29, 0.717) is 28.8 Å². The molecule has 4 rings (SSSR count). The molecule has 0 spiro atoms. The molecular weight excluding hydrogens is 502 g/mol. The van der Waals surface area contributed by atoms with Crippen molar-refractivity contribution in [2.45, 2.75) is 6.92 Å². The van der Waals surface area contributed by atoms with Crippen molar-refractivity contribution in [2.24, 2.45) is 0 Å². The number of hydrogen-bond donors (Lipinski definition) is 1. The number of nitrogens with zero attached hydrogens (tertiary/aromatic N) is 6. The van der Waals surface area contributed by atoms with E-state index in [1.54, 1.807) is 43.3 Å². The van der Waals surface area contributed by atoms with Crippen LogP contribution in [0.15, 0.2) is 48.8 Å². The summed E-state index contributed by atoms with van der Waals surface area (Å²) in [5, 5.41) is 8.21. The van der Waals surface area contributed by atoms with Gasteiger partial charge in [0, 0.05) is 18.5 Å². The van der Waals surface area contributed by atoms with E-state index < -0.39 is 21.6 Å². The van der Waals surface area contributed by atoms with Crippen molar-refractivity contribution in [2.75, 3.05) is 31.8 Å². The molecule has 4 aromatic rings. The Morgan fingerprint density at radius 3 is 2.22 bits per heavy atom. The summed E-state index contributed by atoms with van der Waals surface area (Å²) in [5.74, 6) is -0.995. The second-order valence-electron chi connectivity index (χ2n) is 7.63. The molecule has 37 heavy (non-hydrogen) atoms. The maximum Gasteiger partial charge on any atom is 0.243 e. The van der Waals surface area contributed by atoms with Crippen molar-refractivity contribution < 1.29 is 27.4 Å². The van der Waals surface area contributed by atoms with Crippen LogP contribution in [-0.2, 0) is 10.0 Å². The molecule has 0 unspecified atom stereocenters. The van der Waals surface area contributed by atoms with E-state index in [-0.39, 0.29) is 17.6 Å². The lowest BCUT2D eigenvalue weighted by Gasteiger charge is -2.17. The number of carbonyl (C=O) groups is 1. The van der Waals surface area contributed by atoms with Crippen LogP contribution in [0.25, 0.3) is 17.2 Å². The zero-order valence-corrected chi connectivity index (χ0v) is 21.2. The number of para-hydroxylation sites is 1. The highest BCUT2D eigenvalue weighted by atomic mass is 32.2. The molecule has 0 radical (unpaired) electrons. The van der Waals surface area contributed by atoms with Gasteiger partial charge in [-0.3, -0.25) is 14.1 Å². The Hall–Kier alpha value is -4.59. The first-order valence-electron chi connectivity index (χ1n) is 10.8. The maximum absolute atomic E-state index is 13.0. The normalized spacial score (nSPS) is 11.1. The molecule has 0 saturated heterocycles. The van der Waals surface area contributed by atoms with Crippen LogP contribution in [0.2, 0.25) is 0 Å². The van der Waals surface area contributed by atoms with Gasteiger partial charge >= 0.3 is 0 Å². The fourth-order valence-corrected chi connectivity index (χ4v) is 4.34. The van der Waals surface area contributed by atoms with E-state index in [2.05, 4.69) is 29.9 Å². The lowest BCUT2D eigenvalue weighted by atomic mass is 10.2. The van der Waals surface area contributed by atoms with Crippen LogP contribution in [0.3, 0.4) is 0 Å². The Bertz CT molecular complexity index is 1520. The molecule has 0 aliphatic rings. The van der Waals surface area contributed by atoms with Gasteiger partial charge in [0.2, 0.25) is 27.6 Å². The molecule has 0 bridgehead atoms. The second-order valence-corrected chi connectivity index (χ2v) is 9.35. The number of ketones is 1.